The molecule has 2 atom stereocenters. The molecule has 2 N–H and O–H groups in total. The van der Waals surface area contributed by atoms with Crippen molar-refractivity contribution in [2.45, 2.75) is 57.5 Å². The molecule has 0 unspecified atom stereocenters. The van der Waals surface area contributed by atoms with Gasteiger partial charge in [-0.25, -0.2) is 4.52 Å². The van der Waals surface area contributed by atoms with Crippen LogP contribution in [0.2, 0.25) is 0 Å². The molecule has 6 rings (SSSR count). The molecule has 4 heterocycles. The summed E-state index contributed by atoms with van der Waals surface area (Å²) in [6.07, 6.45) is 6.74. The smallest absolute Gasteiger partial charge is 0.234 e. The summed E-state index contributed by atoms with van der Waals surface area (Å²) in [5.74, 6) is 1.58. The zero-order chi connectivity index (χ0) is 22.9. The molecular formula is C26H28N4O3. The normalized spacial score (nSPS) is 22.2. The minimum Gasteiger partial charge on any atom is -0.488 e. The number of pyridine rings is 1. The van der Waals surface area contributed by atoms with E-state index in [-0.39, 0.29) is 23.8 Å². The van der Waals surface area contributed by atoms with Gasteiger partial charge in [-0.15, -0.1) is 0 Å². The van der Waals surface area contributed by atoms with Crippen molar-refractivity contribution in [3.8, 4) is 16.9 Å². The van der Waals surface area contributed by atoms with Gasteiger partial charge in [-0.1, -0.05) is 12.1 Å². The van der Waals surface area contributed by atoms with E-state index in [1.54, 1.807) is 0 Å². The third-order valence-corrected chi connectivity index (χ3v) is 7.45. The van der Waals surface area contributed by atoms with Crippen molar-refractivity contribution in [2.75, 3.05) is 11.9 Å². The van der Waals surface area contributed by atoms with Crippen molar-refractivity contribution in [2.24, 2.45) is 5.92 Å². The maximum atomic E-state index is 12.4. The van der Waals surface area contributed by atoms with E-state index in [0.29, 0.717) is 18.9 Å². The molecule has 0 radical (unpaired) electrons. The Balaban J connectivity index is 1.42. The number of nitrogens with one attached hydrogen (secondary N) is 2. The number of benzene rings is 1. The van der Waals surface area contributed by atoms with E-state index in [4.69, 9.17) is 4.74 Å². The van der Waals surface area contributed by atoms with Gasteiger partial charge < -0.3 is 15.4 Å². The van der Waals surface area contributed by atoms with E-state index in [1.807, 2.05) is 49.8 Å². The average molecular weight is 445 g/mol. The Bertz CT molecular complexity index is 1300. The van der Waals surface area contributed by atoms with Crippen molar-refractivity contribution in [1.29, 1.82) is 0 Å². The Morgan fingerprint density at radius 1 is 1.18 bits per heavy atom. The molecular weight excluding hydrogens is 416 g/mol. The predicted octanol–water partition coefficient (Wildman–Crippen LogP) is 4.01. The van der Waals surface area contributed by atoms with Gasteiger partial charge in [-0.2, -0.15) is 5.10 Å². The molecule has 0 bridgehead atoms. The van der Waals surface area contributed by atoms with Crippen LogP contribution in [0.5, 0.6) is 5.75 Å². The Hall–Kier alpha value is -3.35. The number of carbonyl (C=O) groups excluding carboxylic acids is 2. The first kappa shape index (κ1) is 20.3. The zero-order valence-corrected chi connectivity index (χ0v) is 19.1. The average Bonchev–Trinajstić information content (AvgIpc) is 3.30. The summed E-state index contributed by atoms with van der Waals surface area (Å²) in [6.45, 7) is 6.57. The molecule has 1 aromatic carbocycles. The molecule has 33 heavy (non-hydrogen) atoms. The molecule has 7 heteroatoms. The Kier molecular flexibility index (Phi) is 4.34. The number of nitrogens with zero attached hydrogens (tertiary/aromatic N) is 2. The number of hydrogen-bond donors (Lipinski definition) is 2. The number of aromatic nitrogens is 2. The molecule has 2 fully saturated rings. The second-order valence-electron chi connectivity index (χ2n) is 10.2. The summed E-state index contributed by atoms with van der Waals surface area (Å²) in [7, 11) is 0. The number of ether oxygens (including phenoxy) is 1. The van der Waals surface area contributed by atoms with Crippen molar-refractivity contribution in [3.05, 3.63) is 47.8 Å². The lowest BCUT2D eigenvalue weighted by molar-refractivity contribution is -0.120. The van der Waals surface area contributed by atoms with Crippen LogP contribution in [0.1, 0.15) is 57.1 Å². The standard InChI is InChI=1S/C26H28N4O3/c1-14(17-10-23(31)27-11-17)33-22-9-18(13-30-24(22)19(12-28-30)15-4-5-15)16-6-7-20-21(8-16)29-25(32)26(20,2)3/h6-9,12-15,17H,4-5,10-11H2,1-3H3,(H,27,31)(H,29,32)/t14-,17-/m1/s1. The van der Waals surface area contributed by atoms with Gasteiger partial charge in [0.25, 0.3) is 0 Å². The quantitative estimate of drug-likeness (QED) is 0.623. The highest BCUT2D eigenvalue weighted by molar-refractivity contribution is 6.06. The zero-order valence-electron chi connectivity index (χ0n) is 19.1. The third kappa shape index (κ3) is 3.29. The van der Waals surface area contributed by atoms with Crippen LogP contribution < -0.4 is 15.4 Å². The minimum absolute atomic E-state index is 0.0174. The van der Waals surface area contributed by atoms with Gasteiger partial charge in [0, 0.05) is 41.9 Å². The summed E-state index contributed by atoms with van der Waals surface area (Å²) in [5.41, 5.74) is 5.54. The van der Waals surface area contributed by atoms with Crippen LogP contribution >= 0.6 is 0 Å². The van der Waals surface area contributed by atoms with Gasteiger partial charge in [0.1, 0.15) is 17.4 Å². The van der Waals surface area contributed by atoms with Crippen LogP contribution in [0.3, 0.4) is 0 Å². The van der Waals surface area contributed by atoms with Gasteiger partial charge in [0.2, 0.25) is 11.8 Å². The van der Waals surface area contributed by atoms with Gasteiger partial charge in [0.05, 0.1) is 11.6 Å². The first-order valence-electron chi connectivity index (χ1n) is 11.7. The fourth-order valence-corrected chi connectivity index (χ4v) is 5.08. The van der Waals surface area contributed by atoms with E-state index < -0.39 is 5.41 Å². The van der Waals surface area contributed by atoms with Crippen LogP contribution in [0.15, 0.2) is 36.7 Å². The molecule has 3 aromatic rings. The van der Waals surface area contributed by atoms with Gasteiger partial charge >= 0.3 is 0 Å². The first-order valence-corrected chi connectivity index (χ1v) is 11.7. The lowest BCUT2D eigenvalue weighted by atomic mass is 9.85. The molecule has 3 aliphatic rings. The number of fused-ring (bicyclic) bond motifs is 2. The van der Waals surface area contributed by atoms with E-state index in [0.717, 1.165) is 33.6 Å². The first-order chi connectivity index (χ1) is 15.8. The molecule has 2 amide bonds. The van der Waals surface area contributed by atoms with Crippen molar-refractivity contribution in [3.63, 3.8) is 0 Å². The SMILES string of the molecule is C[C@@H](Oc1cc(-c2ccc3c(c2)NC(=O)C3(C)C)cn2ncc(C3CC3)c12)[C@H]1CNC(=O)C1. The fourth-order valence-electron chi connectivity index (χ4n) is 5.08. The van der Waals surface area contributed by atoms with E-state index in [2.05, 4.69) is 27.9 Å². The van der Waals surface area contributed by atoms with Gasteiger partial charge in [-0.05, 0) is 62.8 Å². The Morgan fingerprint density at radius 3 is 2.73 bits per heavy atom. The Morgan fingerprint density at radius 2 is 2.00 bits per heavy atom. The van der Waals surface area contributed by atoms with Crippen LogP contribution in [0, 0.1) is 5.92 Å². The summed E-state index contributed by atoms with van der Waals surface area (Å²) in [6, 6.07) is 8.19. The van der Waals surface area contributed by atoms with Gasteiger partial charge in [-0.3, -0.25) is 9.59 Å². The molecule has 170 valence electrons. The van der Waals surface area contributed by atoms with Crippen LogP contribution in [-0.4, -0.2) is 34.1 Å². The highest BCUT2D eigenvalue weighted by Gasteiger charge is 2.38. The van der Waals surface area contributed by atoms with Crippen LogP contribution in [0.25, 0.3) is 16.6 Å². The highest BCUT2D eigenvalue weighted by atomic mass is 16.5. The van der Waals surface area contributed by atoms with E-state index in [1.165, 1.54) is 18.4 Å². The van der Waals surface area contributed by atoms with Gasteiger partial charge in [0.15, 0.2) is 0 Å². The van der Waals surface area contributed by atoms with Crippen molar-refractivity contribution in [1.82, 2.24) is 14.9 Å². The molecule has 2 aliphatic heterocycles. The second kappa shape index (κ2) is 7.07. The minimum atomic E-state index is -0.532. The van der Waals surface area contributed by atoms with Crippen molar-refractivity contribution < 1.29 is 14.3 Å². The molecule has 7 nitrogen and oxygen atoms in total. The molecule has 1 saturated heterocycles. The second-order valence-corrected chi connectivity index (χ2v) is 10.2. The lowest BCUT2D eigenvalue weighted by Crippen LogP contribution is -2.26. The summed E-state index contributed by atoms with van der Waals surface area (Å²) in [5, 5.41) is 10.6. The van der Waals surface area contributed by atoms with Crippen LogP contribution in [-0.2, 0) is 15.0 Å². The maximum Gasteiger partial charge on any atom is 0.234 e. The summed E-state index contributed by atoms with van der Waals surface area (Å²) >= 11 is 0. The lowest BCUT2D eigenvalue weighted by Gasteiger charge is -2.21. The topological polar surface area (TPSA) is 84.7 Å². The number of hydrogen-bond acceptors (Lipinski definition) is 4. The van der Waals surface area contributed by atoms with E-state index >= 15 is 0 Å². The monoisotopic (exact) mass is 444 g/mol. The molecule has 2 aromatic heterocycles. The largest absolute Gasteiger partial charge is 0.488 e. The number of carbonyl (C=O) groups is 2. The molecule has 1 saturated carbocycles. The van der Waals surface area contributed by atoms with Crippen LogP contribution in [0.4, 0.5) is 5.69 Å². The maximum absolute atomic E-state index is 12.4. The number of rotatable bonds is 5. The molecule has 0 spiro atoms. The number of amides is 2. The third-order valence-electron chi connectivity index (χ3n) is 7.45. The molecule has 1 aliphatic carbocycles. The highest BCUT2D eigenvalue weighted by Crippen LogP contribution is 2.45. The Labute approximate surface area is 192 Å². The number of anilines is 1. The fraction of sp³-hybridized carbons (Fsp3) is 0.423. The predicted molar refractivity (Wildman–Crippen MR) is 125 cm³/mol. The van der Waals surface area contributed by atoms with E-state index in [9.17, 15) is 9.59 Å². The summed E-state index contributed by atoms with van der Waals surface area (Å²) < 4.78 is 8.43. The summed E-state index contributed by atoms with van der Waals surface area (Å²) in [4.78, 5) is 24.1. The van der Waals surface area contributed by atoms with Crippen molar-refractivity contribution >= 4 is 23.0 Å².